The fraction of sp³-hybridized carbons (Fsp3) is 0.222. The molecule has 0 fully saturated rings. The molecule has 6 nitrogen and oxygen atoms in total. The highest BCUT2D eigenvalue weighted by atomic mass is 16.1. The number of nitrogens with zero attached hydrogens (tertiary/aromatic N) is 4. The summed E-state index contributed by atoms with van der Waals surface area (Å²) in [7, 11) is 0. The molecule has 0 saturated carbocycles. The maximum absolute atomic E-state index is 12.9. The summed E-state index contributed by atoms with van der Waals surface area (Å²) in [6.07, 6.45) is 3.39. The number of pyridine rings is 1. The summed E-state index contributed by atoms with van der Waals surface area (Å²) in [5.74, 6) is 0. The molecule has 0 unspecified atom stereocenters. The van der Waals surface area contributed by atoms with E-state index in [2.05, 4.69) is 23.0 Å². The highest BCUT2D eigenvalue weighted by Gasteiger charge is 2.15. The normalized spacial score (nSPS) is 10.7. The second-order valence-electron chi connectivity index (χ2n) is 5.54. The van der Waals surface area contributed by atoms with Crippen LogP contribution in [-0.4, -0.2) is 14.5 Å². The molecule has 0 amide bonds. The SMILES string of the molecule is CCCCn1c(=O)c(-c2cccc(C#N)c2)nc2c(N)ccnc21. The minimum Gasteiger partial charge on any atom is -0.397 e. The summed E-state index contributed by atoms with van der Waals surface area (Å²) in [4.78, 5) is 21.7. The first-order valence-corrected chi connectivity index (χ1v) is 7.81. The van der Waals surface area contributed by atoms with Crippen molar-refractivity contribution in [3.05, 3.63) is 52.4 Å². The van der Waals surface area contributed by atoms with Gasteiger partial charge >= 0.3 is 0 Å². The summed E-state index contributed by atoms with van der Waals surface area (Å²) < 4.78 is 1.62. The summed E-state index contributed by atoms with van der Waals surface area (Å²) in [5.41, 5.74) is 8.67. The zero-order chi connectivity index (χ0) is 17.1. The number of hydrogen-bond donors (Lipinski definition) is 1. The Kier molecular flexibility index (Phi) is 4.25. The zero-order valence-electron chi connectivity index (χ0n) is 13.4. The first-order valence-electron chi connectivity index (χ1n) is 7.81. The van der Waals surface area contributed by atoms with Gasteiger partial charge < -0.3 is 5.73 Å². The third-order valence-corrected chi connectivity index (χ3v) is 3.86. The first kappa shape index (κ1) is 15.7. The van der Waals surface area contributed by atoms with Crippen molar-refractivity contribution in [3.8, 4) is 17.3 Å². The van der Waals surface area contributed by atoms with Gasteiger partial charge in [-0.1, -0.05) is 25.5 Å². The second kappa shape index (κ2) is 6.50. The molecule has 24 heavy (non-hydrogen) atoms. The second-order valence-corrected chi connectivity index (χ2v) is 5.54. The van der Waals surface area contributed by atoms with E-state index in [0.29, 0.717) is 34.5 Å². The van der Waals surface area contributed by atoms with Crippen LogP contribution in [0.4, 0.5) is 5.69 Å². The molecule has 3 aromatic rings. The molecule has 2 N–H and O–H groups in total. The molecule has 6 heteroatoms. The molecule has 1 aromatic carbocycles. The predicted molar refractivity (Wildman–Crippen MR) is 93.3 cm³/mol. The van der Waals surface area contributed by atoms with Crippen LogP contribution in [0.2, 0.25) is 0 Å². The standard InChI is InChI=1S/C18H17N5O/c1-2-3-9-23-17-16(14(20)7-8-21-17)22-15(18(23)24)13-6-4-5-12(10-13)11-19/h4-8,10H,2-3,9H2,1H3,(H2,20,21). The van der Waals surface area contributed by atoms with Gasteiger partial charge in [0.2, 0.25) is 0 Å². The Balaban J connectivity index is 2.32. The Morgan fingerprint density at radius 2 is 2.17 bits per heavy atom. The smallest absolute Gasteiger partial charge is 0.278 e. The van der Waals surface area contributed by atoms with Crippen LogP contribution >= 0.6 is 0 Å². The van der Waals surface area contributed by atoms with Crippen molar-refractivity contribution < 1.29 is 0 Å². The molecular weight excluding hydrogens is 302 g/mol. The van der Waals surface area contributed by atoms with Crippen LogP contribution in [-0.2, 0) is 6.54 Å². The van der Waals surface area contributed by atoms with Crippen LogP contribution in [0.25, 0.3) is 22.4 Å². The van der Waals surface area contributed by atoms with Gasteiger partial charge in [0.05, 0.1) is 17.3 Å². The molecule has 0 spiro atoms. The van der Waals surface area contributed by atoms with Gasteiger partial charge in [0.25, 0.3) is 5.56 Å². The van der Waals surface area contributed by atoms with E-state index in [4.69, 9.17) is 11.0 Å². The fourth-order valence-corrected chi connectivity index (χ4v) is 2.60. The quantitative estimate of drug-likeness (QED) is 0.797. The molecule has 0 radical (unpaired) electrons. The largest absolute Gasteiger partial charge is 0.397 e. The lowest BCUT2D eigenvalue weighted by atomic mass is 10.1. The fourth-order valence-electron chi connectivity index (χ4n) is 2.60. The van der Waals surface area contributed by atoms with Crippen LogP contribution < -0.4 is 11.3 Å². The van der Waals surface area contributed by atoms with Crippen molar-refractivity contribution in [1.82, 2.24) is 14.5 Å². The molecule has 120 valence electrons. The van der Waals surface area contributed by atoms with E-state index in [0.717, 1.165) is 12.8 Å². The maximum atomic E-state index is 12.9. The van der Waals surface area contributed by atoms with Crippen molar-refractivity contribution in [2.75, 3.05) is 5.73 Å². The van der Waals surface area contributed by atoms with Crippen molar-refractivity contribution in [3.63, 3.8) is 0 Å². The van der Waals surface area contributed by atoms with Gasteiger partial charge in [-0.2, -0.15) is 5.26 Å². The summed E-state index contributed by atoms with van der Waals surface area (Å²) in [5, 5.41) is 9.08. The van der Waals surface area contributed by atoms with E-state index in [-0.39, 0.29) is 11.3 Å². The van der Waals surface area contributed by atoms with Gasteiger partial charge in [0.1, 0.15) is 11.2 Å². The Bertz CT molecular complexity index is 1000. The predicted octanol–water partition coefficient (Wildman–Crippen LogP) is 2.71. The number of rotatable bonds is 4. The van der Waals surface area contributed by atoms with Crippen molar-refractivity contribution in [2.24, 2.45) is 0 Å². The van der Waals surface area contributed by atoms with E-state index >= 15 is 0 Å². The van der Waals surface area contributed by atoms with Crippen LogP contribution in [0.15, 0.2) is 41.3 Å². The minimum absolute atomic E-state index is 0.218. The van der Waals surface area contributed by atoms with Gasteiger partial charge in [-0.3, -0.25) is 9.36 Å². The van der Waals surface area contributed by atoms with Gasteiger partial charge in [0.15, 0.2) is 5.65 Å². The lowest BCUT2D eigenvalue weighted by molar-refractivity contribution is 0.626. The minimum atomic E-state index is -0.218. The van der Waals surface area contributed by atoms with Crippen molar-refractivity contribution >= 4 is 16.9 Å². The van der Waals surface area contributed by atoms with E-state index in [1.807, 2.05) is 0 Å². The number of hydrogen-bond acceptors (Lipinski definition) is 5. The maximum Gasteiger partial charge on any atom is 0.278 e. The van der Waals surface area contributed by atoms with Gasteiger partial charge in [-0.15, -0.1) is 0 Å². The van der Waals surface area contributed by atoms with Crippen molar-refractivity contribution in [2.45, 2.75) is 26.3 Å². The summed E-state index contributed by atoms with van der Waals surface area (Å²) in [6.45, 7) is 2.61. The molecule has 0 saturated heterocycles. The zero-order valence-corrected chi connectivity index (χ0v) is 13.4. The lowest BCUT2D eigenvalue weighted by Crippen LogP contribution is -2.25. The topological polar surface area (TPSA) is 97.6 Å². The molecule has 0 aliphatic rings. The van der Waals surface area contributed by atoms with E-state index in [9.17, 15) is 4.79 Å². The molecule has 2 heterocycles. The van der Waals surface area contributed by atoms with Crippen LogP contribution in [0, 0.1) is 11.3 Å². The third-order valence-electron chi connectivity index (χ3n) is 3.86. The first-order chi connectivity index (χ1) is 11.7. The number of fused-ring (bicyclic) bond motifs is 1. The molecule has 0 aliphatic heterocycles. The number of aromatic nitrogens is 3. The Morgan fingerprint density at radius 3 is 2.92 bits per heavy atom. The molecular formula is C18H17N5O. The molecule has 0 bridgehead atoms. The molecule has 2 aromatic heterocycles. The van der Waals surface area contributed by atoms with Gasteiger partial charge in [-0.05, 0) is 24.6 Å². The van der Waals surface area contributed by atoms with Crippen LogP contribution in [0.5, 0.6) is 0 Å². The Morgan fingerprint density at radius 1 is 1.33 bits per heavy atom. The average molecular weight is 319 g/mol. The molecule has 3 rings (SSSR count). The average Bonchev–Trinajstić information content (AvgIpc) is 2.61. The van der Waals surface area contributed by atoms with Gasteiger partial charge in [-0.25, -0.2) is 9.97 Å². The number of nitriles is 1. The van der Waals surface area contributed by atoms with E-state index in [1.54, 1.807) is 41.1 Å². The van der Waals surface area contributed by atoms with Crippen LogP contribution in [0.3, 0.4) is 0 Å². The Labute approximate surface area is 139 Å². The number of anilines is 1. The van der Waals surface area contributed by atoms with Crippen molar-refractivity contribution in [1.29, 1.82) is 5.26 Å². The van der Waals surface area contributed by atoms with E-state index < -0.39 is 0 Å². The molecule has 0 aliphatic carbocycles. The molecule has 0 atom stereocenters. The Hall–Kier alpha value is -3.20. The highest BCUT2D eigenvalue weighted by molar-refractivity contribution is 5.85. The number of unbranched alkanes of at least 4 members (excludes halogenated alkanes) is 1. The number of nitrogen functional groups attached to an aromatic ring is 1. The number of nitrogens with two attached hydrogens (primary N) is 1. The van der Waals surface area contributed by atoms with E-state index in [1.165, 1.54) is 0 Å². The summed E-state index contributed by atoms with van der Waals surface area (Å²) >= 11 is 0. The third kappa shape index (κ3) is 2.72. The monoisotopic (exact) mass is 319 g/mol. The van der Waals surface area contributed by atoms with Crippen LogP contribution in [0.1, 0.15) is 25.3 Å². The summed E-state index contributed by atoms with van der Waals surface area (Å²) in [6, 6.07) is 10.6. The number of benzene rings is 1. The lowest BCUT2D eigenvalue weighted by Gasteiger charge is -2.12. The highest BCUT2D eigenvalue weighted by Crippen LogP contribution is 2.21. The van der Waals surface area contributed by atoms with Gasteiger partial charge in [0, 0.05) is 18.3 Å². The number of aryl methyl sites for hydroxylation is 1.